The monoisotopic (exact) mass is 1020 g/mol. The molecule has 6 aromatic carbocycles. The van der Waals surface area contributed by atoms with E-state index in [1.165, 1.54) is 12.1 Å². The molecule has 0 amide bonds. The maximum Gasteiger partial charge on any atom is 0.343 e. The zero-order chi connectivity index (χ0) is 53.9. The van der Waals surface area contributed by atoms with Gasteiger partial charge in [0, 0.05) is 12.2 Å². The van der Waals surface area contributed by atoms with E-state index in [0.29, 0.717) is 93.4 Å². The van der Waals surface area contributed by atoms with Crippen LogP contribution in [0.3, 0.4) is 0 Å². The van der Waals surface area contributed by atoms with Crippen LogP contribution in [-0.4, -0.2) is 113 Å². The van der Waals surface area contributed by atoms with Crippen molar-refractivity contribution in [3.63, 3.8) is 0 Å². The van der Waals surface area contributed by atoms with Crippen molar-refractivity contribution >= 4 is 23.9 Å². The Labute approximate surface area is 434 Å². The molecule has 0 bridgehead atoms. The molecule has 388 valence electrons. The van der Waals surface area contributed by atoms with Gasteiger partial charge >= 0.3 is 23.9 Å². The van der Waals surface area contributed by atoms with E-state index >= 15 is 0 Å². The second-order valence-electron chi connectivity index (χ2n) is 15.1. The van der Waals surface area contributed by atoms with Gasteiger partial charge in [-0.1, -0.05) is 61.7 Å². The van der Waals surface area contributed by atoms with Gasteiger partial charge in [-0.3, -0.25) is 0 Å². The summed E-state index contributed by atoms with van der Waals surface area (Å²) < 4.78 is 47.2. The second-order valence-corrected chi connectivity index (χ2v) is 15.1. The Bertz CT molecular complexity index is 2770. The largest absolute Gasteiger partial charge is 0.508 e. The van der Waals surface area contributed by atoms with E-state index in [1.807, 2.05) is 48.5 Å². The summed E-state index contributed by atoms with van der Waals surface area (Å²) >= 11 is 0. The Morgan fingerprint density at radius 3 is 1.11 bits per heavy atom. The molecule has 0 aliphatic carbocycles. The molecule has 6 rings (SSSR count). The summed E-state index contributed by atoms with van der Waals surface area (Å²) in [6.07, 6.45) is 2.20. The number of phenols is 1. The van der Waals surface area contributed by atoms with E-state index in [9.17, 15) is 19.2 Å². The minimum absolute atomic E-state index is 0.170. The van der Waals surface area contributed by atoms with Gasteiger partial charge in [0.25, 0.3) is 0 Å². The summed E-state index contributed by atoms with van der Waals surface area (Å²) in [5.74, 6) is -0.522. The summed E-state index contributed by atoms with van der Waals surface area (Å²) in [5, 5.41) is 35.5. The molecule has 0 aliphatic rings. The molecule has 0 radical (unpaired) electrons. The van der Waals surface area contributed by atoms with Crippen molar-refractivity contribution in [1.82, 2.24) is 0 Å². The number of esters is 3. The van der Waals surface area contributed by atoms with Crippen molar-refractivity contribution in [2.75, 3.05) is 79.3 Å². The normalized spacial score (nSPS) is 10.1. The fraction of sp³-hybridized carbons (Fsp3) is 0.207. The van der Waals surface area contributed by atoms with E-state index < -0.39 is 23.9 Å². The smallest absolute Gasteiger partial charge is 0.343 e. The molecule has 2 N–H and O–H groups in total. The Kier molecular flexibility index (Phi) is 26.7. The van der Waals surface area contributed by atoms with Crippen molar-refractivity contribution in [2.24, 2.45) is 0 Å². The molecule has 0 aromatic heterocycles. The first-order valence-corrected chi connectivity index (χ1v) is 23.2. The van der Waals surface area contributed by atoms with E-state index in [0.717, 1.165) is 34.4 Å². The number of carbonyl (C=O) groups is 4. The first-order chi connectivity index (χ1) is 36.5. The highest BCUT2D eigenvalue weighted by atomic mass is 16.6. The molecule has 0 fully saturated rings. The summed E-state index contributed by atoms with van der Waals surface area (Å²) in [7, 11) is 0. The predicted octanol–water partition coefficient (Wildman–Crippen LogP) is 9.04. The lowest BCUT2D eigenvalue weighted by Gasteiger charge is -2.09. The number of benzene rings is 6. The molecule has 17 heteroatoms. The van der Waals surface area contributed by atoms with Crippen LogP contribution in [-0.2, 0) is 38.0 Å². The van der Waals surface area contributed by atoms with Crippen LogP contribution in [0, 0.1) is 22.7 Å². The van der Waals surface area contributed by atoms with E-state index in [1.54, 1.807) is 84.9 Å². The standard InChI is InChI=1S/C29H27NO7.C16H20O7.C13H9NO/c1-2-28(31)36-20-18-34-16-15-33-17-19-35-26-11-9-25(10-12-26)29(32)37-27-13-7-24(8-14-27)23-5-3-22(21-30)4-6-23;1-2-15(17)23-12-10-21-8-7-20-9-11-22-14-5-3-13(4-6-14)16(18)19;14-9-10-1-3-11(4-2-10)12-5-7-13(15)8-6-12/h2-14H,1,15-20H2;2-6H,1,7-12H2,(H,18,19);1-8,15H. The number of carboxylic acids is 1. The van der Waals surface area contributed by atoms with Gasteiger partial charge in [-0.15, -0.1) is 0 Å². The van der Waals surface area contributed by atoms with Gasteiger partial charge in [0.15, 0.2) is 0 Å². The third-order valence-corrected chi connectivity index (χ3v) is 9.83. The molecule has 0 atom stereocenters. The molecule has 0 heterocycles. The molecule has 0 unspecified atom stereocenters. The van der Waals surface area contributed by atoms with Crippen molar-refractivity contribution < 1.29 is 72.0 Å². The molecule has 0 saturated carbocycles. The van der Waals surface area contributed by atoms with E-state index in [2.05, 4.69) is 25.3 Å². The molecule has 0 saturated heterocycles. The number of carbonyl (C=O) groups excluding carboxylic acids is 3. The van der Waals surface area contributed by atoms with Gasteiger partial charge in [0.1, 0.15) is 49.4 Å². The highest BCUT2D eigenvalue weighted by molar-refractivity contribution is 5.91. The third-order valence-electron chi connectivity index (χ3n) is 9.83. The lowest BCUT2D eigenvalue weighted by atomic mass is 10.0. The molecule has 75 heavy (non-hydrogen) atoms. The van der Waals surface area contributed by atoms with Crippen LogP contribution < -0.4 is 14.2 Å². The van der Waals surface area contributed by atoms with Crippen molar-refractivity contribution in [2.45, 2.75) is 0 Å². The van der Waals surface area contributed by atoms with Gasteiger partial charge in [-0.2, -0.15) is 10.5 Å². The minimum atomic E-state index is -0.973. The Hall–Kier alpha value is -9.10. The van der Waals surface area contributed by atoms with Crippen molar-refractivity contribution in [3.8, 4) is 57.4 Å². The zero-order valence-corrected chi connectivity index (χ0v) is 41.0. The average molecular weight is 1020 g/mol. The number of nitriles is 2. The summed E-state index contributed by atoms with van der Waals surface area (Å²) in [5.41, 5.74) is 5.84. The SMILES string of the molecule is C=CC(=O)OCCOCCOCCOc1ccc(C(=O)O)cc1.C=CC(=O)OCCOCCOCCOc1ccc(C(=O)Oc2ccc(-c3ccc(C#N)cc3)cc2)cc1.N#Cc1ccc(-c2ccc(O)cc2)cc1. The van der Waals surface area contributed by atoms with Gasteiger partial charge < -0.3 is 52.8 Å². The second kappa shape index (κ2) is 34.3. The van der Waals surface area contributed by atoms with Crippen LogP contribution >= 0.6 is 0 Å². The number of rotatable bonds is 27. The number of ether oxygens (including phenoxy) is 9. The maximum absolute atomic E-state index is 12.5. The van der Waals surface area contributed by atoms with Crippen LogP contribution in [0.2, 0.25) is 0 Å². The molecule has 0 spiro atoms. The summed E-state index contributed by atoms with van der Waals surface area (Å²) in [6, 6.07) is 45.7. The Morgan fingerprint density at radius 1 is 0.427 bits per heavy atom. The predicted molar refractivity (Wildman–Crippen MR) is 276 cm³/mol. The number of hydrogen-bond donors (Lipinski definition) is 2. The number of aromatic hydroxyl groups is 1. The molecule has 17 nitrogen and oxygen atoms in total. The number of hydrogen-bond acceptors (Lipinski definition) is 16. The van der Waals surface area contributed by atoms with Gasteiger partial charge in [0.05, 0.1) is 87.2 Å². The van der Waals surface area contributed by atoms with Crippen molar-refractivity contribution in [1.29, 1.82) is 10.5 Å². The number of phenolic OH excluding ortho intramolecular Hbond substituents is 1. The van der Waals surface area contributed by atoms with Crippen LogP contribution in [0.4, 0.5) is 0 Å². The average Bonchev–Trinajstić information content (AvgIpc) is 3.45. The molecule has 6 aromatic rings. The molecular formula is C58H56N2O15. The minimum Gasteiger partial charge on any atom is -0.508 e. The fourth-order valence-electron chi connectivity index (χ4n) is 5.99. The Balaban J connectivity index is 0.000000271. The fourth-order valence-corrected chi connectivity index (χ4v) is 5.99. The number of nitrogens with zero attached hydrogens (tertiary/aromatic N) is 2. The topological polar surface area (TPSA) is 239 Å². The lowest BCUT2D eigenvalue weighted by molar-refractivity contribution is -0.140. The number of aromatic carboxylic acids is 1. The highest BCUT2D eigenvalue weighted by Gasteiger charge is 2.10. The van der Waals surface area contributed by atoms with Gasteiger partial charge in [-0.25, -0.2) is 19.2 Å². The summed E-state index contributed by atoms with van der Waals surface area (Å²) in [6.45, 7) is 10.5. The molecular weight excluding hydrogens is 965 g/mol. The van der Waals surface area contributed by atoms with Crippen LogP contribution in [0.25, 0.3) is 22.3 Å². The highest BCUT2D eigenvalue weighted by Crippen LogP contribution is 2.25. The van der Waals surface area contributed by atoms with Gasteiger partial charge in [-0.05, 0) is 119 Å². The lowest BCUT2D eigenvalue weighted by Crippen LogP contribution is -2.13. The van der Waals surface area contributed by atoms with E-state index in [-0.39, 0.29) is 31.1 Å². The number of carboxylic acid groups (broad SMARTS) is 1. The maximum atomic E-state index is 12.5. The van der Waals surface area contributed by atoms with Gasteiger partial charge in [0.2, 0.25) is 0 Å². The molecule has 0 aliphatic heterocycles. The Morgan fingerprint density at radius 2 is 0.747 bits per heavy atom. The van der Waals surface area contributed by atoms with E-state index in [4.69, 9.17) is 63.4 Å². The summed E-state index contributed by atoms with van der Waals surface area (Å²) in [4.78, 5) is 44.7. The third kappa shape index (κ3) is 23.3. The van der Waals surface area contributed by atoms with Crippen LogP contribution in [0.15, 0.2) is 171 Å². The zero-order valence-electron chi connectivity index (χ0n) is 41.0. The first-order valence-electron chi connectivity index (χ1n) is 23.2. The van der Waals surface area contributed by atoms with Crippen molar-refractivity contribution in [3.05, 3.63) is 193 Å². The van der Waals surface area contributed by atoms with Crippen LogP contribution in [0.1, 0.15) is 31.8 Å². The first kappa shape index (κ1) is 58.5. The quantitative estimate of drug-likeness (QED) is 0.0212. The van der Waals surface area contributed by atoms with Crippen LogP contribution in [0.5, 0.6) is 23.0 Å².